The number of nitrogens with zero attached hydrogens (tertiary/aromatic N) is 1. The number of carboxylic acid groups (broad SMARTS) is 1. The Morgan fingerprint density at radius 1 is 1.24 bits per heavy atom. The average Bonchev–Trinajstić information content (AvgIpc) is 2.85. The first-order chi connectivity index (χ1) is 10.1. The van der Waals surface area contributed by atoms with Crippen molar-refractivity contribution in [1.29, 1.82) is 0 Å². The topological polar surface area (TPSA) is 42.2 Å². The second-order valence-electron chi connectivity index (χ2n) is 5.06. The number of hydrogen-bond acceptors (Lipinski definition) is 1. The van der Waals surface area contributed by atoms with Crippen LogP contribution in [0.5, 0.6) is 0 Å². The van der Waals surface area contributed by atoms with Gasteiger partial charge in [0.1, 0.15) is 5.82 Å². The number of rotatable bonds is 3. The van der Waals surface area contributed by atoms with Gasteiger partial charge in [0.05, 0.1) is 5.56 Å². The number of aryl methyl sites for hydroxylation is 1. The average molecular weight is 283 g/mol. The third-order valence-electron chi connectivity index (χ3n) is 3.67. The Morgan fingerprint density at radius 3 is 2.81 bits per heavy atom. The van der Waals surface area contributed by atoms with E-state index in [-0.39, 0.29) is 5.56 Å². The summed E-state index contributed by atoms with van der Waals surface area (Å²) in [7, 11) is 0. The highest BCUT2D eigenvalue weighted by molar-refractivity contribution is 5.89. The molecule has 0 bridgehead atoms. The first-order valence-corrected chi connectivity index (χ1v) is 6.62. The van der Waals surface area contributed by atoms with Gasteiger partial charge in [-0.25, -0.2) is 9.18 Å². The van der Waals surface area contributed by atoms with E-state index < -0.39 is 11.8 Å². The largest absolute Gasteiger partial charge is 0.478 e. The van der Waals surface area contributed by atoms with Gasteiger partial charge in [-0.2, -0.15) is 0 Å². The van der Waals surface area contributed by atoms with Crippen molar-refractivity contribution in [1.82, 2.24) is 4.57 Å². The fourth-order valence-electron chi connectivity index (χ4n) is 2.58. The first kappa shape index (κ1) is 13.4. The van der Waals surface area contributed by atoms with Crippen molar-refractivity contribution in [3.8, 4) is 0 Å². The van der Waals surface area contributed by atoms with Crippen LogP contribution in [0.4, 0.5) is 4.39 Å². The second-order valence-corrected chi connectivity index (χ2v) is 5.06. The van der Waals surface area contributed by atoms with Crippen molar-refractivity contribution >= 4 is 16.9 Å². The number of benzene rings is 2. The second kappa shape index (κ2) is 5.05. The minimum Gasteiger partial charge on any atom is -0.478 e. The van der Waals surface area contributed by atoms with Gasteiger partial charge in [0.2, 0.25) is 0 Å². The van der Waals surface area contributed by atoms with Crippen molar-refractivity contribution in [3.05, 3.63) is 71.2 Å². The summed E-state index contributed by atoms with van der Waals surface area (Å²) in [6.07, 6.45) is 1.92. The molecule has 0 fully saturated rings. The Labute approximate surface area is 121 Å². The maximum absolute atomic E-state index is 13.2. The van der Waals surface area contributed by atoms with Crippen LogP contribution in [0.3, 0.4) is 0 Å². The maximum Gasteiger partial charge on any atom is 0.336 e. The smallest absolute Gasteiger partial charge is 0.336 e. The zero-order valence-electron chi connectivity index (χ0n) is 11.5. The Kier molecular flexibility index (Phi) is 3.22. The quantitative estimate of drug-likeness (QED) is 0.793. The molecule has 0 radical (unpaired) electrons. The Morgan fingerprint density at radius 2 is 2.05 bits per heavy atom. The molecule has 4 heteroatoms. The van der Waals surface area contributed by atoms with Gasteiger partial charge in [-0.3, -0.25) is 0 Å². The molecule has 0 aliphatic heterocycles. The van der Waals surface area contributed by atoms with Crippen molar-refractivity contribution < 1.29 is 14.3 Å². The molecule has 2 aromatic carbocycles. The maximum atomic E-state index is 13.2. The summed E-state index contributed by atoms with van der Waals surface area (Å²) in [4.78, 5) is 11.2. The molecule has 0 aliphatic rings. The van der Waals surface area contributed by atoms with Gasteiger partial charge in [0.25, 0.3) is 0 Å². The molecule has 0 amide bonds. The Bertz CT molecular complexity index is 836. The van der Waals surface area contributed by atoms with E-state index in [4.69, 9.17) is 0 Å². The fourth-order valence-corrected chi connectivity index (χ4v) is 2.58. The monoisotopic (exact) mass is 283 g/mol. The minimum absolute atomic E-state index is 0.00417. The van der Waals surface area contributed by atoms with Crippen LogP contribution in [0.25, 0.3) is 10.9 Å². The third-order valence-corrected chi connectivity index (χ3v) is 3.67. The Hall–Kier alpha value is -2.62. The van der Waals surface area contributed by atoms with Gasteiger partial charge in [-0.05, 0) is 42.3 Å². The van der Waals surface area contributed by atoms with Crippen LogP contribution in [-0.4, -0.2) is 15.6 Å². The lowest BCUT2D eigenvalue weighted by atomic mass is 10.1. The number of fused-ring (bicyclic) bond motifs is 1. The van der Waals surface area contributed by atoms with Crippen LogP contribution in [0.15, 0.2) is 48.7 Å². The van der Waals surface area contributed by atoms with Crippen LogP contribution >= 0.6 is 0 Å². The number of aromatic nitrogens is 1. The molecular weight excluding hydrogens is 269 g/mol. The normalized spacial score (nSPS) is 11.0. The lowest BCUT2D eigenvalue weighted by Gasteiger charge is -2.09. The molecule has 3 rings (SSSR count). The molecule has 106 valence electrons. The fraction of sp³-hybridized carbons (Fsp3) is 0.118. The Balaban J connectivity index is 2.07. The van der Waals surface area contributed by atoms with Crippen molar-refractivity contribution in [2.45, 2.75) is 13.5 Å². The lowest BCUT2D eigenvalue weighted by Crippen LogP contribution is -2.07. The zero-order valence-corrected chi connectivity index (χ0v) is 11.5. The van der Waals surface area contributed by atoms with Crippen molar-refractivity contribution in [2.24, 2.45) is 0 Å². The summed E-state index contributed by atoms with van der Waals surface area (Å²) >= 11 is 0. The van der Waals surface area contributed by atoms with Crippen molar-refractivity contribution in [3.63, 3.8) is 0 Å². The SMILES string of the molecule is Cc1cccc2c1ccn2Cc1ccc(F)cc1C(=O)O. The molecule has 0 atom stereocenters. The summed E-state index contributed by atoms with van der Waals surface area (Å²) in [5.74, 6) is -1.65. The summed E-state index contributed by atoms with van der Waals surface area (Å²) in [6.45, 7) is 2.43. The molecular formula is C17H14FNO2. The van der Waals surface area contributed by atoms with Gasteiger partial charge in [0.15, 0.2) is 0 Å². The predicted octanol–water partition coefficient (Wildman–Crippen LogP) is 3.84. The summed E-state index contributed by atoms with van der Waals surface area (Å²) < 4.78 is 15.2. The van der Waals surface area contributed by atoms with Crippen molar-refractivity contribution in [2.75, 3.05) is 0 Å². The highest BCUT2D eigenvalue weighted by atomic mass is 19.1. The van der Waals surface area contributed by atoms with Gasteiger partial charge in [-0.1, -0.05) is 18.2 Å². The number of aromatic carboxylic acids is 1. The third kappa shape index (κ3) is 2.40. The van der Waals surface area contributed by atoms with E-state index in [2.05, 4.69) is 0 Å². The van der Waals surface area contributed by atoms with Crippen LogP contribution < -0.4 is 0 Å². The molecule has 0 saturated heterocycles. The molecule has 1 N–H and O–H groups in total. The molecule has 1 heterocycles. The van der Waals surface area contributed by atoms with E-state index in [0.717, 1.165) is 17.0 Å². The zero-order chi connectivity index (χ0) is 15.0. The van der Waals surface area contributed by atoms with Gasteiger partial charge in [-0.15, -0.1) is 0 Å². The van der Waals surface area contributed by atoms with Gasteiger partial charge >= 0.3 is 5.97 Å². The molecule has 3 nitrogen and oxygen atoms in total. The van der Waals surface area contributed by atoms with Crippen LogP contribution in [0.2, 0.25) is 0 Å². The van der Waals surface area contributed by atoms with Gasteiger partial charge in [0, 0.05) is 23.6 Å². The standard InChI is InChI=1S/C17H14FNO2/c1-11-3-2-4-16-14(11)7-8-19(16)10-12-5-6-13(18)9-15(12)17(20)21/h2-9H,10H2,1H3,(H,20,21). The molecule has 0 saturated carbocycles. The van der Waals surface area contributed by atoms with E-state index in [1.165, 1.54) is 17.7 Å². The minimum atomic E-state index is -1.11. The molecule has 0 spiro atoms. The lowest BCUT2D eigenvalue weighted by molar-refractivity contribution is 0.0695. The van der Waals surface area contributed by atoms with E-state index in [9.17, 15) is 14.3 Å². The molecule has 21 heavy (non-hydrogen) atoms. The molecule has 0 unspecified atom stereocenters. The number of carbonyl (C=O) groups is 1. The van der Waals surface area contributed by atoms with E-state index in [0.29, 0.717) is 12.1 Å². The first-order valence-electron chi connectivity index (χ1n) is 6.62. The van der Waals surface area contributed by atoms with Crippen LogP contribution in [-0.2, 0) is 6.54 Å². The van der Waals surface area contributed by atoms with Gasteiger partial charge < -0.3 is 9.67 Å². The van der Waals surface area contributed by atoms with Crippen LogP contribution in [0.1, 0.15) is 21.5 Å². The highest BCUT2D eigenvalue weighted by Gasteiger charge is 2.12. The summed E-state index contributed by atoms with van der Waals surface area (Å²) in [6, 6.07) is 11.9. The summed E-state index contributed by atoms with van der Waals surface area (Å²) in [5.41, 5.74) is 2.80. The van der Waals surface area contributed by atoms with E-state index in [1.54, 1.807) is 0 Å². The van der Waals surface area contributed by atoms with E-state index >= 15 is 0 Å². The predicted molar refractivity (Wildman–Crippen MR) is 79.1 cm³/mol. The number of carboxylic acids is 1. The number of halogens is 1. The molecule has 0 aliphatic carbocycles. The number of hydrogen-bond donors (Lipinski definition) is 1. The summed E-state index contributed by atoms with van der Waals surface area (Å²) in [5, 5.41) is 10.3. The highest BCUT2D eigenvalue weighted by Crippen LogP contribution is 2.22. The van der Waals surface area contributed by atoms with Crippen LogP contribution in [0, 0.1) is 12.7 Å². The molecule has 3 aromatic rings. The van der Waals surface area contributed by atoms with E-state index in [1.807, 2.05) is 42.0 Å². The molecule has 1 aromatic heterocycles.